The molecule has 3 heterocycles. The molecule has 0 saturated carbocycles. The van der Waals surface area contributed by atoms with Crippen LogP contribution in [0.2, 0.25) is 0 Å². The average molecular weight is 433 g/mol. The van der Waals surface area contributed by atoms with E-state index in [1.165, 1.54) is 5.56 Å². The van der Waals surface area contributed by atoms with Gasteiger partial charge in [-0.1, -0.05) is 37.3 Å². The van der Waals surface area contributed by atoms with Gasteiger partial charge in [-0.3, -0.25) is 4.79 Å². The van der Waals surface area contributed by atoms with E-state index in [0.717, 1.165) is 29.1 Å². The van der Waals surface area contributed by atoms with Crippen LogP contribution in [0.1, 0.15) is 61.6 Å². The molecule has 1 fully saturated rings. The van der Waals surface area contributed by atoms with Gasteiger partial charge in [0.25, 0.3) is 0 Å². The van der Waals surface area contributed by atoms with Crippen LogP contribution in [-0.4, -0.2) is 47.6 Å². The molecule has 0 aliphatic carbocycles. The van der Waals surface area contributed by atoms with Gasteiger partial charge in [0.2, 0.25) is 5.91 Å². The van der Waals surface area contributed by atoms with Crippen LogP contribution in [0.5, 0.6) is 0 Å². The number of hydrogen-bond acceptors (Lipinski definition) is 5. The fourth-order valence-corrected chi connectivity index (χ4v) is 4.64. The van der Waals surface area contributed by atoms with Gasteiger partial charge >= 0.3 is 0 Å². The van der Waals surface area contributed by atoms with E-state index in [0.29, 0.717) is 57.6 Å². The predicted octanol–water partition coefficient (Wildman–Crippen LogP) is 3.84. The van der Waals surface area contributed by atoms with Gasteiger partial charge in [0.05, 0.1) is 23.5 Å². The minimum Gasteiger partial charge on any atom is -0.370 e. The first kappa shape index (κ1) is 22.3. The lowest BCUT2D eigenvalue weighted by Gasteiger charge is -2.38. The highest BCUT2D eigenvalue weighted by Gasteiger charge is 2.33. The van der Waals surface area contributed by atoms with Crippen LogP contribution < -0.4 is 4.90 Å². The fourth-order valence-electron chi connectivity index (χ4n) is 4.64. The molecule has 168 valence electrons. The summed E-state index contributed by atoms with van der Waals surface area (Å²) in [7, 11) is 0. The predicted molar refractivity (Wildman–Crippen MR) is 124 cm³/mol. The number of nitriles is 1. The first-order valence-corrected chi connectivity index (χ1v) is 11.6. The number of hydrogen-bond donors (Lipinski definition) is 0. The number of carbonyl (C=O) groups is 1. The van der Waals surface area contributed by atoms with Crippen molar-refractivity contribution in [3.8, 4) is 6.07 Å². The first-order chi connectivity index (χ1) is 15.4. The zero-order valence-electron chi connectivity index (χ0n) is 19.4. The summed E-state index contributed by atoms with van der Waals surface area (Å²) in [5.74, 6) is 0.979. The molecule has 2 aliphatic heterocycles. The molecule has 0 bridgehead atoms. The molecule has 4 rings (SSSR count). The Balaban J connectivity index is 1.70. The van der Waals surface area contributed by atoms with Gasteiger partial charge < -0.3 is 14.5 Å². The van der Waals surface area contributed by atoms with E-state index in [4.69, 9.17) is 9.72 Å². The number of piperazine rings is 1. The van der Waals surface area contributed by atoms with E-state index in [-0.39, 0.29) is 11.5 Å². The number of pyridine rings is 1. The van der Waals surface area contributed by atoms with Crippen LogP contribution in [0.25, 0.3) is 0 Å². The number of rotatable bonds is 5. The van der Waals surface area contributed by atoms with Crippen molar-refractivity contribution in [3.63, 3.8) is 0 Å². The van der Waals surface area contributed by atoms with E-state index in [1.807, 2.05) is 30.0 Å². The third-order valence-electron chi connectivity index (χ3n) is 6.41. The molecule has 6 heteroatoms. The molecule has 2 aromatic rings. The number of amides is 1. The van der Waals surface area contributed by atoms with Crippen LogP contribution in [0.15, 0.2) is 30.3 Å². The molecule has 1 aromatic carbocycles. The smallest absolute Gasteiger partial charge is 0.222 e. The monoisotopic (exact) mass is 432 g/mol. The summed E-state index contributed by atoms with van der Waals surface area (Å²) in [6.07, 6.45) is 2.86. The zero-order chi connectivity index (χ0) is 22.7. The highest BCUT2D eigenvalue weighted by Crippen LogP contribution is 2.36. The minimum absolute atomic E-state index is 0.217. The maximum Gasteiger partial charge on any atom is 0.222 e. The Morgan fingerprint density at radius 2 is 1.88 bits per heavy atom. The number of benzene rings is 1. The van der Waals surface area contributed by atoms with Gasteiger partial charge in [-0.25, -0.2) is 4.98 Å². The van der Waals surface area contributed by atoms with Crippen molar-refractivity contribution in [3.05, 3.63) is 58.3 Å². The van der Waals surface area contributed by atoms with Crippen molar-refractivity contribution in [2.45, 2.75) is 58.7 Å². The molecule has 0 unspecified atom stereocenters. The SMILES string of the molecule is CCCC(=O)N1CCN(c2nc(Cc3ccccc3)c3c(c2C#N)CC(C)(C)OC3)CC1. The minimum atomic E-state index is -0.313. The number of aromatic nitrogens is 1. The van der Waals surface area contributed by atoms with Crippen molar-refractivity contribution in [1.82, 2.24) is 9.88 Å². The van der Waals surface area contributed by atoms with Crippen molar-refractivity contribution in [1.29, 1.82) is 5.26 Å². The Labute approximate surface area is 190 Å². The quantitative estimate of drug-likeness (QED) is 0.718. The normalized spacial score (nSPS) is 17.6. The molecule has 0 spiro atoms. The number of anilines is 1. The number of fused-ring (bicyclic) bond motifs is 1. The van der Waals surface area contributed by atoms with Crippen LogP contribution >= 0.6 is 0 Å². The van der Waals surface area contributed by atoms with Crippen LogP contribution in [-0.2, 0) is 29.0 Å². The van der Waals surface area contributed by atoms with Gasteiger partial charge in [0.1, 0.15) is 11.9 Å². The van der Waals surface area contributed by atoms with E-state index in [1.54, 1.807) is 0 Å². The van der Waals surface area contributed by atoms with Gasteiger partial charge in [-0.15, -0.1) is 0 Å². The Bertz CT molecular complexity index is 1020. The van der Waals surface area contributed by atoms with Gasteiger partial charge in [-0.05, 0) is 31.4 Å². The largest absolute Gasteiger partial charge is 0.370 e. The molecule has 0 radical (unpaired) electrons. The number of nitrogens with zero attached hydrogens (tertiary/aromatic N) is 4. The summed E-state index contributed by atoms with van der Waals surface area (Å²) in [5.41, 5.74) is 4.67. The van der Waals surface area contributed by atoms with Crippen molar-refractivity contribution in [2.75, 3.05) is 31.1 Å². The van der Waals surface area contributed by atoms with Crippen LogP contribution in [0.4, 0.5) is 5.82 Å². The van der Waals surface area contributed by atoms with Crippen molar-refractivity contribution in [2.24, 2.45) is 0 Å². The van der Waals surface area contributed by atoms with Crippen LogP contribution in [0, 0.1) is 11.3 Å². The lowest BCUT2D eigenvalue weighted by molar-refractivity contribution is -0.131. The first-order valence-electron chi connectivity index (χ1n) is 11.6. The van der Waals surface area contributed by atoms with Crippen molar-refractivity contribution >= 4 is 11.7 Å². The molecular weight excluding hydrogens is 400 g/mol. The zero-order valence-corrected chi connectivity index (χ0v) is 19.4. The molecule has 1 aromatic heterocycles. The lowest BCUT2D eigenvalue weighted by Crippen LogP contribution is -2.49. The summed E-state index contributed by atoms with van der Waals surface area (Å²) in [6, 6.07) is 12.8. The average Bonchev–Trinajstić information content (AvgIpc) is 2.79. The highest BCUT2D eigenvalue weighted by atomic mass is 16.5. The molecule has 0 N–H and O–H groups in total. The van der Waals surface area contributed by atoms with E-state index >= 15 is 0 Å². The van der Waals surface area contributed by atoms with E-state index in [9.17, 15) is 10.1 Å². The Morgan fingerprint density at radius 1 is 1.16 bits per heavy atom. The second-order valence-corrected chi connectivity index (χ2v) is 9.33. The van der Waals surface area contributed by atoms with Gasteiger partial charge in [-0.2, -0.15) is 5.26 Å². The van der Waals surface area contributed by atoms with Crippen molar-refractivity contribution < 1.29 is 9.53 Å². The Kier molecular flexibility index (Phi) is 6.48. The van der Waals surface area contributed by atoms with E-state index in [2.05, 4.69) is 36.9 Å². The summed E-state index contributed by atoms with van der Waals surface area (Å²) in [6.45, 7) is 9.39. The Hall–Kier alpha value is -2.91. The van der Waals surface area contributed by atoms with Gasteiger partial charge in [0.15, 0.2) is 0 Å². The molecule has 1 saturated heterocycles. The molecule has 6 nitrogen and oxygen atoms in total. The highest BCUT2D eigenvalue weighted by molar-refractivity contribution is 5.76. The molecule has 32 heavy (non-hydrogen) atoms. The third-order valence-corrected chi connectivity index (χ3v) is 6.41. The summed E-state index contributed by atoms with van der Waals surface area (Å²) in [4.78, 5) is 21.5. The number of ether oxygens (including phenoxy) is 1. The molecule has 2 aliphatic rings. The maximum absolute atomic E-state index is 12.3. The topological polar surface area (TPSA) is 69.5 Å². The van der Waals surface area contributed by atoms with E-state index < -0.39 is 0 Å². The molecule has 0 atom stereocenters. The third kappa shape index (κ3) is 4.63. The van der Waals surface area contributed by atoms with Gasteiger partial charge in [0, 0.05) is 51.0 Å². The maximum atomic E-state index is 12.3. The standard InChI is InChI=1S/C26H32N4O2/c1-4-8-24(31)29-11-13-30(14-12-29)25-21(17-27)20-16-26(2,3)32-18-22(20)23(28-25)15-19-9-6-5-7-10-19/h5-7,9-10H,4,8,11-16,18H2,1-3H3. The summed E-state index contributed by atoms with van der Waals surface area (Å²) in [5, 5.41) is 10.1. The molecular formula is C26H32N4O2. The summed E-state index contributed by atoms with van der Waals surface area (Å²) < 4.78 is 6.11. The lowest BCUT2D eigenvalue weighted by atomic mass is 9.87. The number of carbonyl (C=O) groups excluding carboxylic acids is 1. The second kappa shape index (κ2) is 9.30. The Morgan fingerprint density at radius 3 is 2.53 bits per heavy atom. The fraction of sp³-hybridized carbons (Fsp3) is 0.500. The van der Waals surface area contributed by atoms with Crippen LogP contribution in [0.3, 0.4) is 0 Å². The molecule has 1 amide bonds. The summed E-state index contributed by atoms with van der Waals surface area (Å²) >= 11 is 0. The second-order valence-electron chi connectivity index (χ2n) is 9.33.